The van der Waals surface area contributed by atoms with E-state index in [2.05, 4.69) is 21.2 Å². The van der Waals surface area contributed by atoms with Crippen molar-refractivity contribution in [2.45, 2.75) is 6.92 Å². The van der Waals surface area contributed by atoms with Crippen LogP contribution in [-0.2, 0) is 0 Å². The summed E-state index contributed by atoms with van der Waals surface area (Å²) in [5.74, 6) is -1.17. The summed E-state index contributed by atoms with van der Waals surface area (Å²) in [7, 11) is 0. The zero-order valence-corrected chi connectivity index (χ0v) is 12.8. The van der Waals surface area contributed by atoms with Crippen LogP contribution in [0, 0.1) is 12.7 Å². The number of nitrogen functional groups attached to an aromatic ring is 1. The average Bonchev–Trinajstić information content (AvgIpc) is 2.36. The SMILES string of the molecule is Cc1cc(N)c(NC(=O)c2cccc(F)c2Cl)c(Br)c1. The first-order chi connectivity index (χ1) is 9.40. The minimum atomic E-state index is -0.643. The van der Waals surface area contributed by atoms with E-state index in [0.717, 1.165) is 5.56 Å². The van der Waals surface area contributed by atoms with Crippen molar-refractivity contribution in [3.8, 4) is 0 Å². The van der Waals surface area contributed by atoms with Gasteiger partial charge >= 0.3 is 0 Å². The highest BCUT2D eigenvalue weighted by Crippen LogP contribution is 2.31. The summed E-state index contributed by atoms with van der Waals surface area (Å²) < 4.78 is 14.0. The number of nitrogens with one attached hydrogen (secondary N) is 1. The zero-order chi connectivity index (χ0) is 14.9. The Morgan fingerprint density at radius 3 is 2.75 bits per heavy atom. The molecule has 0 saturated carbocycles. The Labute approximate surface area is 129 Å². The molecule has 0 saturated heterocycles. The molecule has 3 nitrogen and oxygen atoms in total. The number of nitrogens with two attached hydrogens (primary N) is 1. The third-order valence-electron chi connectivity index (χ3n) is 2.70. The number of rotatable bonds is 2. The van der Waals surface area contributed by atoms with Crippen molar-refractivity contribution in [3.05, 3.63) is 56.8 Å². The van der Waals surface area contributed by atoms with E-state index < -0.39 is 11.7 Å². The van der Waals surface area contributed by atoms with Gasteiger partial charge in [-0.2, -0.15) is 0 Å². The van der Waals surface area contributed by atoms with Crippen molar-refractivity contribution in [2.24, 2.45) is 0 Å². The minimum absolute atomic E-state index is 0.0542. The lowest BCUT2D eigenvalue weighted by atomic mass is 10.1. The molecule has 0 spiro atoms. The Kier molecular flexibility index (Phi) is 4.30. The maximum atomic E-state index is 13.3. The predicted octanol–water partition coefficient (Wildman–Crippen LogP) is 4.38. The highest BCUT2D eigenvalue weighted by atomic mass is 79.9. The van der Waals surface area contributed by atoms with Gasteiger partial charge in [0, 0.05) is 4.47 Å². The molecule has 20 heavy (non-hydrogen) atoms. The molecule has 0 atom stereocenters. The van der Waals surface area contributed by atoms with Crippen LogP contribution in [0.15, 0.2) is 34.8 Å². The van der Waals surface area contributed by atoms with Crippen LogP contribution >= 0.6 is 27.5 Å². The quantitative estimate of drug-likeness (QED) is 0.783. The Balaban J connectivity index is 2.36. The van der Waals surface area contributed by atoms with E-state index in [1.807, 2.05) is 13.0 Å². The highest BCUT2D eigenvalue weighted by molar-refractivity contribution is 9.10. The van der Waals surface area contributed by atoms with E-state index in [1.165, 1.54) is 18.2 Å². The molecule has 3 N–H and O–H groups in total. The van der Waals surface area contributed by atoms with Crippen LogP contribution in [0.1, 0.15) is 15.9 Å². The number of carbonyl (C=O) groups excluding carboxylic acids is 1. The summed E-state index contributed by atoms with van der Waals surface area (Å²) in [6.45, 7) is 1.89. The van der Waals surface area contributed by atoms with Gasteiger partial charge in [-0.15, -0.1) is 0 Å². The predicted molar refractivity (Wildman–Crippen MR) is 82.7 cm³/mol. The number of aryl methyl sites for hydroxylation is 1. The molecule has 0 radical (unpaired) electrons. The van der Waals surface area contributed by atoms with Gasteiger partial charge in [-0.25, -0.2) is 4.39 Å². The average molecular weight is 358 g/mol. The number of amides is 1. The Morgan fingerprint density at radius 2 is 2.10 bits per heavy atom. The summed E-state index contributed by atoms with van der Waals surface area (Å²) in [5, 5.41) is 2.41. The molecule has 0 aliphatic heterocycles. The van der Waals surface area contributed by atoms with Crippen LogP contribution in [-0.4, -0.2) is 5.91 Å². The first-order valence-corrected chi connectivity index (χ1v) is 6.88. The minimum Gasteiger partial charge on any atom is -0.397 e. The molecule has 0 aliphatic carbocycles. The van der Waals surface area contributed by atoms with Crippen molar-refractivity contribution in [2.75, 3.05) is 11.1 Å². The van der Waals surface area contributed by atoms with Crippen molar-refractivity contribution < 1.29 is 9.18 Å². The third-order valence-corrected chi connectivity index (χ3v) is 3.71. The molecule has 1 amide bonds. The second-order valence-corrected chi connectivity index (χ2v) is 5.50. The fraction of sp³-hybridized carbons (Fsp3) is 0.0714. The summed E-state index contributed by atoms with van der Waals surface area (Å²) in [5.41, 5.74) is 7.72. The normalized spacial score (nSPS) is 10.4. The number of benzene rings is 2. The van der Waals surface area contributed by atoms with E-state index in [9.17, 15) is 9.18 Å². The molecule has 0 heterocycles. The van der Waals surface area contributed by atoms with Crippen LogP contribution in [0.25, 0.3) is 0 Å². The molecule has 0 unspecified atom stereocenters. The van der Waals surface area contributed by atoms with Crippen molar-refractivity contribution in [3.63, 3.8) is 0 Å². The van der Waals surface area contributed by atoms with Crippen LogP contribution in [0.5, 0.6) is 0 Å². The summed E-state index contributed by atoms with van der Waals surface area (Å²) in [6.07, 6.45) is 0. The van der Waals surface area contributed by atoms with Crippen LogP contribution in [0.2, 0.25) is 5.02 Å². The van der Waals surface area contributed by atoms with Gasteiger partial charge in [0.15, 0.2) is 0 Å². The monoisotopic (exact) mass is 356 g/mol. The lowest BCUT2D eigenvalue weighted by Crippen LogP contribution is -2.14. The molecule has 0 aliphatic rings. The van der Waals surface area contributed by atoms with Gasteiger partial charge in [-0.05, 0) is 52.7 Å². The number of halogens is 3. The molecule has 6 heteroatoms. The highest BCUT2D eigenvalue weighted by Gasteiger charge is 2.16. The topological polar surface area (TPSA) is 55.1 Å². The van der Waals surface area contributed by atoms with Gasteiger partial charge < -0.3 is 11.1 Å². The van der Waals surface area contributed by atoms with E-state index in [-0.39, 0.29) is 10.6 Å². The lowest BCUT2D eigenvalue weighted by Gasteiger charge is -2.12. The van der Waals surface area contributed by atoms with E-state index >= 15 is 0 Å². The van der Waals surface area contributed by atoms with Crippen LogP contribution < -0.4 is 11.1 Å². The molecule has 0 aromatic heterocycles. The van der Waals surface area contributed by atoms with Crippen molar-refractivity contribution in [1.82, 2.24) is 0 Å². The fourth-order valence-electron chi connectivity index (χ4n) is 1.76. The van der Waals surface area contributed by atoms with E-state index in [1.54, 1.807) is 6.07 Å². The Morgan fingerprint density at radius 1 is 1.40 bits per heavy atom. The molecular formula is C14H11BrClFN2O. The molecule has 2 aromatic rings. The first kappa shape index (κ1) is 14.8. The van der Waals surface area contributed by atoms with Gasteiger partial charge in [-0.1, -0.05) is 17.7 Å². The Hall–Kier alpha value is -1.59. The van der Waals surface area contributed by atoms with Crippen LogP contribution in [0.4, 0.5) is 15.8 Å². The smallest absolute Gasteiger partial charge is 0.257 e. The number of anilines is 2. The maximum Gasteiger partial charge on any atom is 0.257 e. The maximum absolute atomic E-state index is 13.3. The molecular weight excluding hydrogens is 347 g/mol. The van der Waals surface area contributed by atoms with E-state index in [0.29, 0.717) is 15.8 Å². The molecule has 2 aromatic carbocycles. The fourth-order valence-corrected chi connectivity index (χ4v) is 2.66. The first-order valence-electron chi connectivity index (χ1n) is 5.71. The second-order valence-electron chi connectivity index (χ2n) is 4.27. The molecule has 2 rings (SSSR count). The lowest BCUT2D eigenvalue weighted by molar-refractivity contribution is 0.102. The summed E-state index contributed by atoms with van der Waals surface area (Å²) in [4.78, 5) is 12.1. The molecule has 0 fully saturated rings. The number of hydrogen-bond acceptors (Lipinski definition) is 2. The molecule has 104 valence electrons. The van der Waals surface area contributed by atoms with Gasteiger partial charge in [0.2, 0.25) is 0 Å². The van der Waals surface area contributed by atoms with Gasteiger partial charge in [0.05, 0.1) is 22.0 Å². The van der Waals surface area contributed by atoms with Crippen LogP contribution in [0.3, 0.4) is 0 Å². The van der Waals surface area contributed by atoms with Crippen molar-refractivity contribution in [1.29, 1.82) is 0 Å². The standard InChI is InChI=1S/C14H11BrClFN2O/c1-7-5-9(15)13(11(18)6-7)19-14(20)8-3-2-4-10(17)12(8)16/h2-6H,18H2,1H3,(H,19,20). The summed E-state index contributed by atoms with van der Waals surface area (Å²) >= 11 is 9.11. The van der Waals surface area contributed by atoms with Gasteiger partial charge in [0.1, 0.15) is 5.82 Å². The summed E-state index contributed by atoms with van der Waals surface area (Å²) in [6, 6.07) is 7.60. The van der Waals surface area contributed by atoms with Gasteiger partial charge in [-0.3, -0.25) is 4.79 Å². The number of hydrogen-bond donors (Lipinski definition) is 2. The second kappa shape index (κ2) is 5.81. The van der Waals surface area contributed by atoms with E-state index in [4.69, 9.17) is 17.3 Å². The largest absolute Gasteiger partial charge is 0.397 e. The van der Waals surface area contributed by atoms with Gasteiger partial charge in [0.25, 0.3) is 5.91 Å². The zero-order valence-electron chi connectivity index (χ0n) is 10.5. The number of carbonyl (C=O) groups is 1. The molecule has 0 bridgehead atoms. The Bertz CT molecular complexity index is 668. The van der Waals surface area contributed by atoms with Crippen molar-refractivity contribution >= 4 is 44.8 Å². The third kappa shape index (κ3) is 2.94.